The summed E-state index contributed by atoms with van der Waals surface area (Å²) in [6, 6.07) is 25.5. The van der Waals surface area contributed by atoms with E-state index in [4.69, 9.17) is 0 Å². The van der Waals surface area contributed by atoms with Gasteiger partial charge in [-0.05, 0) is 54.5 Å². The lowest BCUT2D eigenvalue weighted by atomic mass is 9.83. The topological polar surface area (TPSA) is 32.3 Å². The molecule has 1 saturated heterocycles. The molecule has 1 fully saturated rings. The second-order valence-corrected chi connectivity index (χ2v) is 8.89. The van der Waals surface area contributed by atoms with Crippen LogP contribution < -0.4 is 5.32 Å². The fraction of sp³-hybridized carbons (Fsp3) is 0.321. The van der Waals surface area contributed by atoms with E-state index < -0.39 is 0 Å². The minimum Gasteiger partial charge on any atom is -0.355 e. The molecule has 1 aliphatic rings. The Hall–Kier alpha value is -2.98. The highest BCUT2D eigenvalue weighted by Gasteiger charge is 2.32. The Balaban J connectivity index is 1.44. The summed E-state index contributed by atoms with van der Waals surface area (Å²) in [5, 5.41) is 3.16. The van der Waals surface area contributed by atoms with Gasteiger partial charge in [0, 0.05) is 26.2 Å². The molecular weight excluding hydrogens is 399 g/mol. The van der Waals surface area contributed by atoms with Gasteiger partial charge in [0.25, 0.3) is 0 Å². The number of piperidine rings is 1. The quantitative estimate of drug-likeness (QED) is 0.566. The van der Waals surface area contributed by atoms with E-state index in [2.05, 4.69) is 53.5 Å². The molecule has 4 rings (SSSR count). The van der Waals surface area contributed by atoms with Gasteiger partial charge < -0.3 is 5.32 Å². The molecular formula is C28H31FN2O. The Morgan fingerprint density at radius 3 is 2.50 bits per heavy atom. The molecule has 1 aliphatic heterocycles. The SMILES string of the molecule is Cc1cccc([C@@H]2C[C@H](C(=O)NCCc3ccccc3)CN(Cc3ccc(F)cc3)C2)c1. The lowest BCUT2D eigenvalue weighted by Crippen LogP contribution is -2.45. The average Bonchev–Trinajstić information content (AvgIpc) is 2.81. The molecule has 3 aromatic carbocycles. The second-order valence-electron chi connectivity index (χ2n) is 8.89. The third-order valence-corrected chi connectivity index (χ3v) is 6.29. The van der Waals surface area contributed by atoms with E-state index in [1.165, 1.54) is 28.8 Å². The molecule has 0 unspecified atom stereocenters. The van der Waals surface area contributed by atoms with Crippen molar-refractivity contribution in [2.75, 3.05) is 19.6 Å². The number of benzene rings is 3. The van der Waals surface area contributed by atoms with Crippen molar-refractivity contribution < 1.29 is 9.18 Å². The van der Waals surface area contributed by atoms with E-state index in [9.17, 15) is 9.18 Å². The fourth-order valence-electron chi connectivity index (χ4n) is 4.64. The maximum atomic E-state index is 13.3. The number of hydrogen-bond donors (Lipinski definition) is 1. The summed E-state index contributed by atoms with van der Waals surface area (Å²) in [4.78, 5) is 15.4. The summed E-state index contributed by atoms with van der Waals surface area (Å²) in [5.74, 6) is 0.141. The predicted octanol–water partition coefficient (Wildman–Crippen LogP) is 5.10. The number of amides is 1. The minimum absolute atomic E-state index is 0.0644. The number of aryl methyl sites for hydroxylation is 1. The molecule has 2 atom stereocenters. The van der Waals surface area contributed by atoms with E-state index in [0.717, 1.165) is 38.0 Å². The Morgan fingerprint density at radius 2 is 1.75 bits per heavy atom. The van der Waals surface area contributed by atoms with Gasteiger partial charge >= 0.3 is 0 Å². The number of hydrogen-bond acceptors (Lipinski definition) is 2. The van der Waals surface area contributed by atoms with Crippen molar-refractivity contribution in [1.82, 2.24) is 10.2 Å². The van der Waals surface area contributed by atoms with Gasteiger partial charge in [-0.2, -0.15) is 0 Å². The normalized spacial score (nSPS) is 18.9. The van der Waals surface area contributed by atoms with Crippen molar-refractivity contribution in [2.45, 2.75) is 32.2 Å². The Bertz CT molecular complexity index is 1020. The van der Waals surface area contributed by atoms with Crippen molar-refractivity contribution in [3.8, 4) is 0 Å². The number of carbonyl (C=O) groups excluding carboxylic acids is 1. The molecule has 0 saturated carbocycles. The van der Waals surface area contributed by atoms with Gasteiger partial charge in [-0.25, -0.2) is 4.39 Å². The molecule has 32 heavy (non-hydrogen) atoms. The van der Waals surface area contributed by atoms with Crippen molar-refractivity contribution in [2.24, 2.45) is 5.92 Å². The zero-order valence-corrected chi connectivity index (χ0v) is 18.6. The summed E-state index contributed by atoms with van der Waals surface area (Å²) in [5.41, 5.74) is 4.82. The molecule has 1 heterocycles. The van der Waals surface area contributed by atoms with Crippen LogP contribution in [0.15, 0.2) is 78.9 Å². The van der Waals surface area contributed by atoms with E-state index in [0.29, 0.717) is 12.5 Å². The van der Waals surface area contributed by atoms with Gasteiger partial charge in [0.15, 0.2) is 0 Å². The van der Waals surface area contributed by atoms with Crippen molar-refractivity contribution in [3.63, 3.8) is 0 Å². The number of nitrogens with one attached hydrogen (secondary N) is 1. The summed E-state index contributed by atoms with van der Waals surface area (Å²) < 4.78 is 13.3. The van der Waals surface area contributed by atoms with Gasteiger partial charge in [0.1, 0.15) is 5.82 Å². The number of halogens is 1. The smallest absolute Gasteiger partial charge is 0.224 e. The van der Waals surface area contributed by atoms with E-state index in [-0.39, 0.29) is 17.6 Å². The van der Waals surface area contributed by atoms with E-state index in [1.807, 2.05) is 30.3 Å². The van der Waals surface area contributed by atoms with Crippen molar-refractivity contribution in [1.29, 1.82) is 0 Å². The summed E-state index contributed by atoms with van der Waals surface area (Å²) in [6.07, 6.45) is 1.68. The lowest BCUT2D eigenvalue weighted by Gasteiger charge is -2.37. The first-order valence-electron chi connectivity index (χ1n) is 11.4. The molecule has 0 radical (unpaired) electrons. The predicted molar refractivity (Wildman–Crippen MR) is 127 cm³/mol. The van der Waals surface area contributed by atoms with Crippen LogP contribution >= 0.6 is 0 Å². The van der Waals surface area contributed by atoms with Crippen molar-refractivity contribution in [3.05, 3.63) is 107 Å². The summed E-state index contributed by atoms with van der Waals surface area (Å²) >= 11 is 0. The first-order valence-corrected chi connectivity index (χ1v) is 11.4. The second kappa shape index (κ2) is 10.6. The van der Waals surface area contributed by atoms with Gasteiger partial charge in [-0.15, -0.1) is 0 Å². The van der Waals surface area contributed by atoms with Crippen LogP contribution in [-0.4, -0.2) is 30.4 Å². The molecule has 3 nitrogen and oxygen atoms in total. The van der Waals surface area contributed by atoms with E-state index in [1.54, 1.807) is 0 Å². The maximum Gasteiger partial charge on any atom is 0.224 e. The highest BCUT2D eigenvalue weighted by atomic mass is 19.1. The molecule has 0 aliphatic carbocycles. The first kappa shape index (κ1) is 22.2. The van der Waals surface area contributed by atoms with Crippen LogP contribution in [-0.2, 0) is 17.8 Å². The van der Waals surface area contributed by atoms with E-state index >= 15 is 0 Å². The van der Waals surface area contributed by atoms with Crippen LogP contribution in [0, 0.1) is 18.7 Å². The van der Waals surface area contributed by atoms with Gasteiger partial charge in [0.2, 0.25) is 5.91 Å². The maximum absolute atomic E-state index is 13.3. The number of carbonyl (C=O) groups is 1. The fourth-order valence-corrected chi connectivity index (χ4v) is 4.64. The van der Waals surface area contributed by atoms with Gasteiger partial charge in [-0.3, -0.25) is 9.69 Å². The highest BCUT2D eigenvalue weighted by molar-refractivity contribution is 5.79. The largest absolute Gasteiger partial charge is 0.355 e. The van der Waals surface area contributed by atoms with Crippen LogP contribution in [0.1, 0.15) is 34.6 Å². The third-order valence-electron chi connectivity index (χ3n) is 6.29. The van der Waals surface area contributed by atoms with Crippen LogP contribution in [0.3, 0.4) is 0 Å². The molecule has 0 spiro atoms. The Morgan fingerprint density at radius 1 is 0.969 bits per heavy atom. The molecule has 1 N–H and O–H groups in total. The highest BCUT2D eigenvalue weighted by Crippen LogP contribution is 2.31. The summed E-state index contributed by atoms with van der Waals surface area (Å²) in [6.45, 7) is 5.09. The standard InChI is InChI=1S/C28H31FN2O/c1-21-6-5-9-24(16-21)25-17-26(28(32)30-15-14-22-7-3-2-4-8-22)20-31(19-25)18-23-10-12-27(29)13-11-23/h2-13,16,25-26H,14-15,17-20H2,1H3,(H,30,32)/t25-,26+/m1/s1. The molecule has 3 aromatic rings. The number of nitrogens with zero attached hydrogens (tertiary/aromatic N) is 1. The lowest BCUT2D eigenvalue weighted by molar-refractivity contribution is -0.127. The van der Waals surface area contributed by atoms with Crippen LogP contribution in [0.2, 0.25) is 0 Å². The molecule has 0 bridgehead atoms. The van der Waals surface area contributed by atoms with Gasteiger partial charge in [-0.1, -0.05) is 72.3 Å². The average molecular weight is 431 g/mol. The zero-order valence-electron chi connectivity index (χ0n) is 18.6. The van der Waals surface area contributed by atoms with Crippen LogP contribution in [0.5, 0.6) is 0 Å². The number of rotatable bonds is 7. The van der Waals surface area contributed by atoms with Gasteiger partial charge in [0.05, 0.1) is 5.92 Å². The Labute approximate surface area is 190 Å². The molecule has 4 heteroatoms. The van der Waals surface area contributed by atoms with Crippen LogP contribution in [0.4, 0.5) is 4.39 Å². The first-order chi connectivity index (χ1) is 15.6. The van der Waals surface area contributed by atoms with Crippen LogP contribution in [0.25, 0.3) is 0 Å². The monoisotopic (exact) mass is 430 g/mol. The van der Waals surface area contributed by atoms with Crippen molar-refractivity contribution >= 4 is 5.91 Å². The molecule has 0 aromatic heterocycles. The number of likely N-dealkylation sites (tertiary alicyclic amines) is 1. The third kappa shape index (κ3) is 6.04. The Kier molecular flexibility index (Phi) is 7.33. The molecule has 166 valence electrons. The summed E-state index contributed by atoms with van der Waals surface area (Å²) in [7, 11) is 0. The minimum atomic E-state index is -0.222. The zero-order chi connectivity index (χ0) is 22.3. The molecule has 1 amide bonds.